The smallest absolute Gasteiger partial charge is 0.224 e. The van der Waals surface area contributed by atoms with E-state index < -0.39 is 63.1 Å². The number of methoxy groups -OCH3 is 1. The number of alkyl halides is 3. The molecule has 3 fully saturated rings. The van der Waals surface area contributed by atoms with Crippen molar-refractivity contribution in [2.75, 3.05) is 13.1 Å². The van der Waals surface area contributed by atoms with Gasteiger partial charge in [0, 0.05) is 23.9 Å². The molecular weight excluding hydrogens is 429 g/mol. The van der Waals surface area contributed by atoms with E-state index in [2.05, 4.69) is 0 Å². The molecule has 3 saturated carbocycles. The molecule has 0 aliphatic heterocycles. The minimum Gasteiger partial charge on any atom is -0.390 e. The largest absolute Gasteiger partial charge is 0.390 e. The Morgan fingerprint density at radius 1 is 1.32 bits per heavy atom. The zero-order chi connectivity index (χ0) is 23.0. The minimum absolute atomic E-state index is 0.0644. The highest BCUT2D eigenvalue weighted by atomic mass is 32.2. The molecule has 4 aliphatic carbocycles. The number of halogens is 3. The van der Waals surface area contributed by atoms with Crippen LogP contribution in [-0.4, -0.2) is 52.7 Å². The predicted molar refractivity (Wildman–Crippen MR) is 111 cm³/mol. The predicted octanol–water partition coefficient (Wildman–Crippen LogP) is 4.12. The first-order valence-corrected chi connectivity index (χ1v) is 11.7. The van der Waals surface area contributed by atoms with Crippen LogP contribution in [0.25, 0.3) is 0 Å². The van der Waals surface area contributed by atoms with Crippen LogP contribution in [0.1, 0.15) is 40.0 Å². The normalized spacial score (nSPS) is 51.0. The molecule has 9 atom stereocenters. The molecule has 1 N–H and O–H groups in total. The van der Waals surface area contributed by atoms with E-state index in [-0.39, 0.29) is 24.3 Å². The van der Waals surface area contributed by atoms with Gasteiger partial charge in [-0.1, -0.05) is 31.7 Å². The second kappa shape index (κ2) is 7.19. The summed E-state index contributed by atoms with van der Waals surface area (Å²) >= 11 is 0.520. The Morgan fingerprint density at radius 3 is 2.61 bits per heavy atom. The van der Waals surface area contributed by atoms with Crippen molar-refractivity contribution in [3.8, 4) is 0 Å². The molecule has 8 heteroatoms. The van der Waals surface area contributed by atoms with E-state index in [1.165, 1.54) is 19.3 Å². The Kier molecular flexibility index (Phi) is 5.35. The summed E-state index contributed by atoms with van der Waals surface area (Å²) in [6.45, 7) is 5.14. The van der Waals surface area contributed by atoms with Gasteiger partial charge in [-0.05, 0) is 55.7 Å². The molecule has 0 amide bonds. The van der Waals surface area contributed by atoms with E-state index in [0.29, 0.717) is 18.2 Å². The lowest BCUT2D eigenvalue weighted by atomic mass is 9.44. The van der Waals surface area contributed by atoms with Crippen molar-refractivity contribution in [1.82, 2.24) is 0 Å². The molecule has 0 aromatic rings. The molecule has 0 aromatic heterocycles. The van der Waals surface area contributed by atoms with E-state index in [9.17, 15) is 19.1 Å². The van der Waals surface area contributed by atoms with E-state index in [1.807, 2.05) is 6.92 Å². The van der Waals surface area contributed by atoms with Crippen molar-refractivity contribution in [3.05, 3.63) is 23.8 Å². The van der Waals surface area contributed by atoms with Gasteiger partial charge in [-0.25, -0.2) is 13.2 Å². The van der Waals surface area contributed by atoms with Crippen molar-refractivity contribution in [1.29, 1.82) is 0 Å². The second-order valence-electron chi connectivity index (χ2n) is 9.98. The maximum Gasteiger partial charge on any atom is 0.224 e. The molecule has 172 valence electrons. The van der Waals surface area contributed by atoms with Gasteiger partial charge in [0.25, 0.3) is 0 Å². The van der Waals surface area contributed by atoms with Gasteiger partial charge in [-0.2, -0.15) is 0 Å². The van der Waals surface area contributed by atoms with E-state index >= 15 is 8.78 Å². The van der Waals surface area contributed by atoms with Crippen molar-refractivity contribution in [2.24, 2.45) is 28.6 Å². The highest BCUT2D eigenvalue weighted by molar-refractivity contribution is 8.13. The highest BCUT2D eigenvalue weighted by Crippen LogP contribution is 2.71. The third kappa shape index (κ3) is 2.58. The van der Waals surface area contributed by atoms with Crippen molar-refractivity contribution in [3.63, 3.8) is 0 Å². The Hall–Kier alpha value is -1.12. The number of aliphatic hydroxyl groups excluding tert-OH is 1. The van der Waals surface area contributed by atoms with Crippen LogP contribution in [0.4, 0.5) is 13.2 Å². The molecule has 4 nitrogen and oxygen atoms in total. The van der Waals surface area contributed by atoms with Gasteiger partial charge in [-0.15, -0.1) is 0 Å². The van der Waals surface area contributed by atoms with Crippen LogP contribution in [0.2, 0.25) is 0 Å². The Morgan fingerprint density at radius 2 is 2.00 bits per heavy atom. The molecule has 0 heterocycles. The number of ether oxygens (including phenoxy) is 1. The maximum atomic E-state index is 17.1. The van der Waals surface area contributed by atoms with Crippen LogP contribution >= 0.6 is 11.8 Å². The molecule has 0 saturated heterocycles. The summed E-state index contributed by atoms with van der Waals surface area (Å²) in [6, 6.07) is -0.909. The SMILES string of the molecule is CO[C@]1(C(=O)SCF)[C@H](C)C[C@H]2[C@@H]3C[C@H](F)C4=CC(=O)C=C[C@]4(C)[C@@]3(F)[C@@H](O)C[C@@]21C. The zero-order valence-electron chi connectivity index (χ0n) is 18.2. The lowest BCUT2D eigenvalue weighted by Crippen LogP contribution is -2.70. The number of carbonyl (C=O) groups excluding carboxylic acids is 2. The van der Waals surface area contributed by atoms with Crippen molar-refractivity contribution >= 4 is 22.7 Å². The summed E-state index contributed by atoms with van der Waals surface area (Å²) in [6.07, 6.45) is 0.861. The average Bonchev–Trinajstić information content (AvgIpc) is 2.93. The molecule has 4 rings (SSSR count). The quantitative estimate of drug-likeness (QED) is 0.689. The Bertz CT molecular complexity index is 877. The summed E-state index contributed by atoms with van der Waals surface area (Å²) in [7, 11) is 1.39. The third-order valence-electron chi connectivity index (χ3n) is 8.98. The van der Waals surface area contributed by atoms with Crippen LogP contribution in [0.3, 0.4) is 0 Å². The minimum atomic E-state index is -2.21. The number of hydrogen-bond donors (Lipinski definition) is 1. The lowest BCUT2D eigenvalue weighted by Gasteiger charge is -2.63. The van der Waals surface area contributed by atoms with Gasteiger partial charge in [0.05, 0.1) is 6.10 Å². The zero-order valence-corrected chi connectivity index (χ0v) is 19.0. The van der Waals surface area contributed by atoms with Gasteiger partial charge in [0.15, 0.2) is 11.5 Å². The Balaban J connectivity index is 1.86. The van der Waals surface area contributed by atoms with Gasteiger partial charge in [0.1, 0.15) is 17.8 Å². The molecule has 0 unspecified atom stereocenters. The number of hydrogen-bond acceptors (Lipinski definition) is 5. The fraction of sp³-hybridized carbons (Fsp3) is 0.739. The van der Waals surface area contributed by atoms with Crippen molar-refractivity contribution in [2.45, 2.75) is 63.6 Å². The number of carbonyl (C=O) groups is 2. The monoisotopic (exact) mass is 458 g/mol. The number of ketones is 1. The summed E-state index contributed by atoms with van der Waals surface area (Å²) in [5.41, 5.74) is -6.01. The highest BCUT2D eigenvalue weighted by Gasteiger charge is 2.77. The lowest BCUT2D eigenvalue weighted by molar-refractivity contribution is -0.225. The number of fused-ring (bicyclic) bond motifs is 5. The van der Waals surface area contributed by atoms with Gasteiger partial charge in [-0.3, -0.25) is 9.59 Å². The van der Waals surface area contributed by atoms with E-state index in [0.717, 1.165) is 6.08 Å². The topological polar surface area (TPSA) is 63.6 Å². The third-order valence-corrected chi connectivity index (χ3v) is 9.65. The summed E-state index contributed by atoms with van der Waals surface area (Å²) in [4.78, 5) is 25.0. The summed E-state index contributed by atoms with van der Waals surface area (Å²) < 4.78 is 51.3. The van der Waals surface area contributed by atoms with Gasteiger partial charge >= 0.3 is 0 Å². The molecule has 0 aromatic carbocycles. The average molecular weight is 459 g/mol. The molecule has 0 spiro atoms. The molecular formula is C23H29F3O4S. The van der Waals surface area contributed by atoms with Crippen LogP contribution in [0, 0.1) is 28.6 Å². The van der Waals surface area contributed by atoms with Crippen LogP contribution < -0.4 is 0 Å². The molecule has 0 radical (unpaired) electrons. The molecule has 31 heavy (non-hydrogen) atoms. The standard InChI is InChI=1S/C23H29F3O4S/c1-12-7-14-15-9-17(25)16-8-13(27)5-6-20(16,2)22(15,26)18(28)10-21(14,3)23(12,30-4)19(29)31-11-24/h5-6,8,12,14-15,17-18,28H,7,9-11H2,1-4H3/t12-,14+,15+,17+,18+,20+,21+,22+,23+/m1/s1. The molecule has 4 aliphatic rings. The number of thioether (sulfide) groups is 1. The van der Waals surface area contributed by atoms with Gasteiger partial charge < -0.3 is 9.84 Å². The van der Waals surface area contributed by atoms with Gasteiger partial charge in [0.2, 0.25) is 5.12 Å². The first-order valence-electron chi connectivity index (χ1n) is 10.7. The van der Waals surface area contributed by atoms with Crippen LogP contribution in [0.15, 0.2) is 23.8 Å². The fourth-order valence-electron chi connectivity index (χ4n) is 7.63. The van der Waals surface area contributed by atoms with E-state index in [4.69, 9.17) is 4.74 Å². The molecule has 0 bridgehead atoms. The van der Waals surface area contributed by atoms with Crippen molar-refractivity contribution < 1.29 is 32.6 Å². The second-order valence-corrected chi connectivity index (χ2v) is 10.9. The maximum absolute atomic E-state index is 17.1. The summed E-state index contributed by atoms with van der Waals surface area (Å²) in [5, 5.41) is 10.8. The van der Waals surface area contributed by atoms with E-state index in [1.54, 1.807) is 13.8 Å². The Labute approximate surface area is 184 Å². The number of allylic oxidation sites excluding steroid dienone is 4. The fourth-order valence-corrected chi connectivity index (χ4v) is 8.46. The first-order chi connectivity index (χ1) is 14.4. The summed E-state index contributed by atoms with van der Waals surface area (Å²) in [5.74, 6) is -2.10. The number of aliphatic hydroxyl groups is 1. The number of rotatable bonds is 3. The van der Waals surface area contributed by atoms with Crippen LogP contribution in [0.5, 0.6) is 0 Å². The first kappa shape index (κ1) is 23.1. The van der Waals surface area contributed by atoms with Crippen LogP contribution in [-0.2, 0) is 14.3 Å².